The van der Waals surface area contributed by atoms with Crippen LogP contribution < -0.4 is 10.6 Å². The number of aliphatic hydroxyl groups excluding tert-OH is 1. The molecule has 0 aromatic carbocycles. The van der Waals surface area contributed by atoms with Crippen LogP contribution in [0.2, 0.25) is 0 Å². The highest BCUT2D eigenvalue weighted by Crippen LogP contribution is 2.34. The molecule has 0 bridgehead atoms. The zero-order chi connectivity index (χ0) is 12.0. The second-order valence-corrected chi connectivity index (χ2v) is 4.35. The molecule has 1 aliphatic rings. The van der Waals surface area contributed by atoms with Crippen molar-refractivity contribution in [1.29, 1.82) is 0 Å². The highest BCUT2D eigenvalue weighted by Gasteiger charge is 2.37. The number of aliphatic hydroxyl groups is 1. The number of hydrogen-bond donors (Lipinski definition) is 3. The van der Waals surface area contributed by atoms with Crippen molar-refractivity contribution < 1.29 is 14.6 Å². The molecule has 5 heteroatoms. The Morgan fingerprint density at radius 1 is 1.62 bits per heavy atom. The lowest BCUT2D eigenvalue weighted by Gasteiger charge is -2.11. The molecule has 2 amide bonds. The summed E-state index contributed by atoms with van der Waals surface area (Å²) in [5.74, 6) is 0.652. The summed E-state index contributed by atoms with van der Waals surface area (Å²) in [5.41, 5.74) is 0. The van der Waals surface area contributed by atoms with Gasteiger partial charge in [0.05, 0.1) is 12.7 Å². The van der Waals surface area contributed by atoms with Crippen molar-refractivity contribution in [2.45, 2.75) is 38.3 Å². The van der Waals surface area contributed by atoms with Gasteiger partial charge in [0.2, 0.25) is 0 Å². The Bertz CT molecular complexity index is 223. The van der Waals surface area contributed by atoms with Crippen LogP contribution in [0.25, 0.3) is 0 Å². The van der Waals surface area contributed by atoms with Crippen molar-refractivity contribution in [3.63, 3.8) is 0 Å². The second-order valence-electron chi connectivity index (χ2n) is 4.35. The second kappa shape index (κ2) is 6.70. The van der Waals surface area contributed by atoms with Gasteiger partial charge >= 0.3 is 6.03 Å². The fourth-order valence-corrected chi connectivity index (χ4v) is 1.80. The van der Waals surface area contributed by atoms with Gasteiger partial charge in [-0.2, -0.15) is 0 Å². The number of urea groups is 1. The van der Waals surface area contributed by atoms with Gasteiger partial charge in [-0.3, -0.25) is 0 Å². The predicted molar refractivity (Wildman–Crippen MR) is 61.2 cm³/mol. The lowest BCUT2D eigenvalue weighted by Crippen LogP contribution is -2.42. The summed E-state index contributed by atoms with van der Waals surface area (Å²) in [5, 5.41) is 14.8. The van der Waals surface area contributed by atoms with E-state index in [1.807, 2.05) is 0 Å². The van der Waals surface area contributed by atoms with Crippen LogP contribution >= 0.6 is 0 Å². The van der Waals surface area contributed by atoms with Crippen molar-refractivity contribution in [3.8, 4) is 0 Å². The summed E-state index contributed by atoms with van der Waals surface area (Å²) in [6, 6.07) is 0.137. The lowest BCUT2D eigenvalue weighted by molar-refractivity contribution is 0.0659. The first-order valence-electron chi connectivity index (χ1n) is 5.88. The van der Waals surface area contributed by atoms with Gasteiger partial charge in [-0.1, -0.05) is 13.3 Å². The van der Waals surface area contributed by atoms with Gasteiger partial charge in [-0.05, 0) is 18.8 Å². The van der Waals surface area contributed by atoms with Crippen molar-refractivity contribution in [2.24, 2.45) is 5.92 Å². The maximum absolute atomic E-state index is 11.4. The summed E-state index contributed by atoms with van der Waals surface area (Å²) in [4.78, 5) is 11.4. The Balaban J connectivity index is 2.04. The first-order valence-corrected chi connectivity index (χ1v) is 5.88. The van der Waals surface area contributed by atoms with E-state index in [-0.39, 0.29) is 19.2 Å². The van der Waals surface area contributed by atoms with Gasteiger partial charge < -0.3 is 20.5 Å². The van der Waals surface area contributed by atoms with Gasteiger partial charge in [0, 0.05) is 19.7 Å². The molecular formula is C11H22N2O3. The molecule has 1 aliphatic carbocycles. The van der Waals surface area contributed by atoms with Crippen LogP contribution in [-0.4, -0.2) is 43.5 Å². The van der Waals surface area contributed by atoms with E-state index in [0.717, 1.165) is 12.8 Å². The molecule has 3 unspecified atom stereocenters. The number of carbonyl (C=O) groups excluding carboxylic acids is 1. The fraction of sp³-hybridized carbons (Fsp3) is 0.909. The van der Waals surface area contributed by atoms with E-state index in [2.05, 4.69) is 17.6 Å². The minimum atomic E-state index is -0.638. The highest BCUT2D eigenvalue weighted by atomic mass is 16.5. The topological polar surface area (TPSA) is 70.6 Å². The van der Waals surface area contributed by atoms with E-state index < -0.39 is 6.10 Å². The normalized spacial score (nSPS) is 24.9. The quantitative estimate of drug-likeness (QED) is 0.596. The monoisotopic (exact) mass is 230 g/mol. The van der Waals surface area contributed by atoms with Crippen LogP contribution in [0.15, 0.2) is 0 Å². The molecule has 0 aromatic heterocycles. The van der Waals surface area contributed by atoms with Crippen molar-refractivity contribution in [1.82, 2.24) is 10.6 Å². The van der Waals surface area contributed by atoms with Gasteiger partial charge in [0.25, 0.3) is 0 Å². The van der Waals surface area contributed by atoms with Crippen LogP contribution in [0.4, 0.5) is 4.79 Å². The third-order valence-corrected chi connectivity index (χ3v) is 2.76. The van der Waals surface area contributed by atoms with Gasteiger partial charge in [-0.25, -0.2) is 4.79 Å². The molecule has 94 valence electrons. The Morgan fingerprint density at radius 3 is 3.00 bits per heavy atom. The molecule has 0 heterocycles. The first-order chi connectivity index (χ1) is 7.67. The SMILES string of the molecule is CCCC1CC1NC(=O)NCC(O)COC. The van der Waals surface area contributed by atoms with Crippen molar-refractivity contribution >= 4 is 6.03 Å². The summed E-state index contributed by atoms with van der Waals surface area (Å²) in [7, 11) is 1.52. The first kappa shape index (κ1) is 13.3. The molecule has 5 nitrogen and oxygen atoms in total. The van der Waals surface area contributed by atoms with Gasteiger partial charge in [0.15, 0.2) is 0 Å². The van der Waals surface area contributed by atoms with Crippen LogP contribution in [0.5, 0.6) is 0 Å². The van der Waals surface area contributed by atoms with E-state index in [1.165, 1.54) is 13.5 Å². The number of hydrogen-bond acceptors (Lipinski definition) is 3. The van der Waals surface area contributed by atoms with E-state index in [9.17, 15) is 9.90 Å². The van der Waals surface area contributed by atoms with E-state index in [0.29, 0.717) is 12.0 Å². The summed E-state index contributed by atoms with van der Waals surface area (Å²) >= 11 is 0. The average molecular weight is 230 g/mol. The molecule has 0 aliphatic heterocycles. The van der Waals surface area contributed by atoms with Gasteiger partial charge in [-0.15, -0.1) is 0 Å². The molecule has 16 heavy (non-hydrogen) atoms. The number of rotatable bonds is 7. The number of carbonyl (C=O) groups is 1. The molecule has 1 fully saturated rings. The third-order valence-electron chi connectivity index (χ3n) is 2.76. The minimum absolute atomic E-state index is 0.196. The molecule has 0 spiro atoms. The fourth-order valence-electron chi connectivity index (χ4n) is 1.80. The number of ether oxygens (including phenoxy) is 1. The van der Waals surface area contributed by atoms with Crippen molar-refractivity contribution in [3.05, 3.63) is 0 Å². The lowest BCUT2D eigenvalue weighted by atomic mass is 10.2. The molecular weight excluding hydrogens is 208 g/mol. The Kier molecular flexibility index (Phi) is 5.55. The van der Waals surface area contributed by atoms with Crippen LogP contribution in [-0.2, 0) is 4.74 Å². The number of nitrogens with one attached hydrogen (secondary N) is 2. The van der Waals surface area contributed by atoms with Gasteiger partial charge in [0.1, 0.15) is 0 Å². The summed E-state index contributed by atoms with van der Waals surface area (Å²) < 4.78 is 4.76. The van der Waals surface area contributed by atoms with Crippen LogP contribution in [0.1, 0.15) is 26.2 Å². The molecule has 3 N–H and O–H groups in total. The molecule has 3 atom stereocenters. The molecule has 0 saturated heterocycles. The number of amides is 2. The highest BCUT2D eigenvalue weighted by molar-refractivity contribution is 5.74. The van der Waals surface area contributed by atoms with Crippen LogP contribution in [0, 0.1) is 5.92 Å². The van der Waals surface area contributed by atoms with Crippen LogP contribution in [0.3, 0.4) is 0 Å². The number of methoxy groups -OCH3 is 1. The molecule has 0 radical (unpaired) electrons. The summed E-state index contributed by atoms with van der Waals surface area (Å²) in [6.45, 7) is 2.61. The smallest absolute Gasteiger partial charge is 0.315 e. The zero-order valence-electron chi connectivity index (χ0n) is 10.0. The zero-order valence-corrected chi connectivity index (χ0v) is 10.0. The minimum Gasteiger partial charge on any atom is -0.389 e. The predicted octanol–water partition coefficient (Wildman–Crippen LogP) is 0.481. The Hall–Kier alpha value is -0.810. The van der Waals surface area contributed by atoms with E-state index in [4.69, 9.17) is 4.74 Å². The third kappa shape index (κ3) is 4.81. The average Bonchev–Trinajstić information content (AvgIpc) is 2.95. The Labute approximate surface area is 96.6 Å². The largest absolute Gasteiger partial charge is 0.389 e. The van der Waals surface area contributed by atoms with Crippen molar-refractivity contribution in [2.75, 3.05) is 20.3 Å². The molecule has 1 saturated carbocycles. The van der Waals surface area contributed by atoms with E-state index in [1.54, 1.807) is 0 Å². The summed E-state index contributed by atoms with van der Waals surface area (Å²) in [6.07, 6.45) is 2.79. The molecule has 0 aromatic rings. The molecule has 1 rings (SSSR count). The Morgan fingerprint density at radius 2 is 2.38 bits per heavy atom. The van der Waals surface area contributed by atoms with E-state index >= 15 is 0 Å². The maximum atomic E-state index is 11.4. The standard InChI is InChI=1S/C11H22N2O3/c1-3-4-8-5-10(8)13-11(15)12-6-9(14)7-16-2/h8-10,14H,3-7H2,1-2H3,(H2,12,13,15). The maximum Gasteiger partial charge on any atom is 0.315 e.